The fourth-order valence-corrected chi connectivity index (χ4v) is 2.61. The smallest absolute Gasteiger partial charge is 0.220 e. The second-order valence-electron chi connectivity index (χ2n) is 5.23. The molecule has 2 aromatic rings. The molecule has 5 heteroatoms. The SMILES string of the molecule is CC(NC(=O)CCCOc1ccc(Cl)cc1Cl)c1ccccc1. The van der Waals surface area contributed by atoms with Crippen molar-refractivity contribution in [1.29, 1.82) is 0 Å². The summed E-state index contributed by atoms with van der Waals surface area (Å²) in [5.74, 6) is 0.585. The predicted molar refractivity (Wildman–Crippen MR) is 94.2 cm³/mol. The van der Waals surface area contributed by atoms with Crippen LogP contribution in [0, 0.1) is 0 Å². The molecule has 23 heavy (non-hydrogen) atoms. The van der Waals surface area contributed by atoms with Crippen LogP contribution in [0.3, 0.4) is 0 Å². The van der Waals surface area contributed by atoms with Gasteiger partial charge in [-0.05, 0) is 37.1 Å². The summed E-state index contributed by atoms with van der Waals surface area (Å²) in [6.07, 6.45) is 1.02. The van der Waals surface area contributed by atoms with Gasteiger partial charge in [0.1, 0.15) is 5.75 Å². The van der Waals surface area contributed by atoms with Crippen LogP contribution in [0.5, 0.6) is 5.75 Å². The molecule has 0 saturated carbocycles. The molecular formula is C18H19Cl2NO2. The van der Waals surface area contributed by atoms with Gasteiger partial charge >= 0.3 is 0 Å². The number of rotatable bonds is 7. The molecule has 0 aliphatic rings. The Hall–Kier alpha value is -1.71. The summed E-state index contributed by atoms with van der Waals surface area (Å²) >= 11 is 11.8. The summed E-state index contributed by atoms with van der Waals surface area (Å²) in [6.45, 7) is 2.39. The Morgan fingerprint density at radius 3 is 2.61 bits per heavy atom. The van der Waals surface area contributed by atoms with E-state index in [0.717, 1.165) is 5.56 Å². The fourth-order valence-electron chi connectivity index (χ4n) is 2.15. The maximum absolute atomic E-state index is 11.9. The summed E-state index contributed by atoms with van der Waals surface area (Å²) in [7, 11) is 0. The van der Waals surface area contributed by atoms with E-state index >= 15 is 0 Å². The van der Waals surface area contributed by atoms with Crippen molar-refractivity contribution >= 4 is 29.1 Å². The van der Waals surface area contributed by atoms with Crippen LogP contribution < -0.4 is 10.1 Å². The molecule has 3 nitrogen and oxygen atoms in total. The molecule has 1 N–H and O–H groups in total. The maximum Gasteiger partial charge on any atom is 0.220 e. The standard InChI is InChI=1S/C18H19Cl2NO2/c1-13(14-6-3-2-4-7-14)21-18(22)8-5-11-23-17-10-9-15(19)12-16(17)20/h2-4,6-7,9-10,12-13H,5,8,11H2,1H3,(H,21,22). The minimum atomic E-state index is -0.00433. The number of carbonyl (C=O) groups is 1. The van der Waals surface area contributed by atoms with Gasteiger partial charge in [0, 0.05) is 11.4 Å². The zero-order valence-electron chi connectivity index (χ0n) is 12.9. The van der Waals surface area contributed by atoms with E-state index in [-0.39, 0.29) is 11.9 Å². The van der Waals surface area contributed by atoms with Gasteiger partial charge < -0.3 is 10.1 Å². The number of amides is 1. The highest BCUT2D eigenvalue weighted by Gasteiger charge is 2.09. The Balaban J connectivity index is 1.70. The summed E-state index contributed by atoms with van der Waals surface area (Å²) in [6, 6.07) is 14.9. The van der Waals surface area contributed by atoms with Gasteiger partial charge in [-0.15, -0.1) is 0 Å². The van der Waals surface area contributed by atoms with Crippen LogP contribution in [0.4, 0.5) is 0 Å². The van der Waals surface area contributed by atoms with E-state index in [1.54, 1.807) is 18.2 Å². The molecule has 1 amide bonds. The Morgan fingerprint density at radius 1 is 1.17 bits per heavy atom. The molecule has 0 aliphatic heterocycles. The van der Waals surface area contributed by atoms with E-state index in [1.807, 2.05) is 37.3 Å². The van der Waals surface area contributed by atoms with Gasteiger partial charge in [-0.3, -0.25) is 4.79 Å². The lowest BCUT2D eigenvalue weighted by Crippen LogP contribution is -2.26. The molecule has 0 fully saturated rings. The molecule has 0 bridgehead atoms. The maximum atomic E-state index is 11.9. The molecule has 122 valence electrons. The lowest BCUT2D eigenvalue weighted by atomic mass is 10.1. The van der Waals surface area contributed by atoms with Crippen LogP contribution in [0.2, 0.25) is 10.0 Å². The Labute approximate surface area is 146 Å². The Kier molecular flexibility index (Phi) is 6.75. The monoisotopic (exact) mass is 351 g/mol. The zero-order chi connectivity index (χ0) is 16.7. The van der Waals surface area contributed by atoms with Crippen LogP contribution in [0.15, 0.2) is 48.5 Å². The van der Waals surface area contributed by atoms with Crippen LogP contribution in [-0.2, 0) is 4.79 Å². The van der Waals surface area contributed by atoms with Crippen molar-refractivity contribution in [2.75, 3.05) is 6.61 Å². The fraction of sp³-hybridized carbons (Fsp3) is 0.278. The summed E-state index contributed by atoms with van der Waals surface area (Å²) < 4.78 is 5.56. The van der Waals surface area contributed by atoms with E-state index in [4.69, 9.17) is 27.9 Å². The molecule has 2 aromatic carbocycles. The van der Waals surface area contributed by atoms with Crippen molar-refractivity contribution in [2.45, 2.75) is 25.8 Å². The molecule has 0 heterocycles. The topological polar surface area (TPSA) is 38.3 Å². The Morgan fingerprint density at radius 2 is 1.91 bits per heavy atom. The molecule has 0 aromatic heterocycles. The quantitative estimate of drug-likeness (QED) is 0.710. The molecular weight excluding hydrogens is 333 g/mol. The van der Waals surface area contributed by atoms with Crippen molar-refractivity contribution in [3.8, 4) is 5.75 Å². The van der Waals surface area contributed by atoms with Crippen molar-refractivity contribution < 1.29 is 9.53 Å². The molecule has 2 rings (SSSR count). The molecule has 0 radical (unpaired) electrons. The van der Waals surface area contributed by atoms with Gasteiger partial charge in [0.05, 0.1) is 17.7 Å². The van der Waals surface area contributed by atoms with Gasteiger partial charge in [-0.1, -0.05) is 53.5 Å². The third-order valence-electron chi connectivity index (χ3n) is 3.38. The van der Waals surface area contributed by atoms with Crippen molar-refractivity contribution in [1.82, 2.24) is 5.32 Å². The van der Waals surface area contributed by atoms with Gasteiger partial charge in [0.15, 0.2) is 0 Å². The molecule has 0 aliphatic carbocycles. The number of nitrogens with one attached hydrogen (secondary N) is 1. The highest BCUT2D eigenvalue weighted by Crippen LogP contribution is 2.27. The van der Waals surface area contributed by atoms with E-state index in [0.29, 0.717) is 35.2 Å². The van der Waals surface area contributed by atoms with Gasteiger partial charge in [0.25, 0.3) is 0 Å². The van der Waals surface area contributed by atoms with Crippen molar-refractivity contribution in [3.05, 3.63) is 64.1 Å². The average molecular weight is 352 g/mol. The first kappa shape index (κ1) is 17.6. The van der Waals surface area contributed by atoms with Gasteiger partial charge in [-0.25, -0.2) is 0 Å². The van der Waals surface area contributed by atoms with E-state index in [9.17, 15) is 4.79 Å². The molecule has 1 unspecified atom stereocenters. The zero-order valence-corrected chi connectivity index (χ0v) is 14.4. The highest BCUT2D eigenvalue weighted by atomic mass is 35.5. The normalized spacial score (nSPS) is 11.8. The summed E-state index contributed by atoms with van der Waals surface area (Å²) in [5, 5.41) is 4.01. The number of hydrogen-bond acceptors (Lipinski definition) is 2. The first-order chi connectivity index (χ1) is 11.1. The van der Waals surface area contributed by atoms with E-state index in [2.05, 4.69) is 5.32 Å². The van der Waals surface area contributed by atoms with Crippen molar-refractivity contribution in [3.63, 3.8) is 0 Å². The molecule has 0 saturated heterocycles. The second kappa shape index (κ2) is 8.80. The Bertz CT molecular complexity index is 647. The highest BCUT2D eigenvalue weighted by molar-refractivity contribution is 6.35. The largest absolute Gasteiger partial charge is 0.492 e. The van der Waals surface area contributed by atoms with Crippen LogP contribution in [-0.4, -0.2) is 12.5 Å². The second-order valence-corrected chi connectivity index (χ2v) is 6.07. The lowest BCUT2D eigenvalue weighted by Gasteiger charge is -2.14. The molecule has 1 atom stereocenters. The number of halogens is 2. The summed E-state index contributed by atoms with van der Waals surface area (Å²) in [5.41, 5.74) is 1.09. The summed E-state index contributed by atoms with van der Waals surface area (Å²) in [4.78, 5) is 11.9. The number of benzene rings is 2. The number of hydrogen-bond donors (Lipinski definition) is 1. The van der Waals surface area contributed by atoms with E-state index < -0.39 is 0 Å². The predicted octanol–water partition coefficient (Wildman–Crippen LogP) is 5.03. The first-order valence-electron chi connectivity index (χ1n) is 7.48. The lowest BCUT2D eigenvalue weighted by molar-refractivity contribution is -0.121. The molecule has 0 spiro atoms. The third-order valence-corrected chi connectivity index (χ3v) is 3.91. The van der Waals surface area contributed by atoms with Crippen LogP contribution in [0.1, 0.15) is 31.4 Å². The average Bonchev–Trinajstić information content (AvgIpc) is 2.54. The van der Waals surface area contributed by atoms with Crippen molar-refractivity contribution in [2.24, 2.45) is 0 Å². The third kappa shape index (κ3) is 5.77. The van der Waals surface area contributed by atoms with E-state index in [1.165, 1.54) is 0 Å². The van der Waals surface area contributed by atoms with Crippen LogP contribution >= 0.6 is 23.2 Å². The minimum Gasteiger partial charge on any atom is -0.492 e. The number of carbonyl (C=O) groups excluding carboxylic acids is 1. The van der Waals surface area contributed by atoms with Crippen LogP contribution in [0.25, 0.3) is 0 Å². The van der Waals surface area contributed by atoms with Gasteiger partial charge in [-0.2, -0.15) is 0 Å². The minimum absolute atomic E-state index is 0.00433. The number of ether oxygens (including phenoxy) is 1. The van der Waals surface area contributed by atoms with Gasteiger partial charge in [0.2, 0.25) is 5.91 Å². The first-order valence-corrected chi connectivity index (χ1v) is 8.24.